The van der Waals surface area contributed by atoms with E-state index < -0.39 is 5.97 Å². The van der Waals surface area contributed by atoms with Crippen LogP contribution < -0.4 is 0 Å². The zero-order valence-electron chi connectivity index (χ0n) is 10.3. The Labute approximate surface area is 127 Å². The zero-order valence-corrected chi connectivity index (χ0v) is 12.7. The molecule has 0 radical (unpaired) electrons. The molecule has 3 rings (SSSR count). The highest BCUT2D eigenvalue weighted by Gasteiger charge is 2.25. The summed E-state index contributed by atoms with van der Waals surface area (Å²) in [5, 5.41) is 8.99. The molecule has 0 spiro atoms. The molecule has 6 heteroatoms. The van der Waals surface area contributed by atoms with E-state index in [9.17, 15) is 9.59 Å². The van der Waals surface area contributed by atoms with Crippen LogP contribution in [0.1, 0.15) is 31.2 Å². The van der Waals surface area contributed by atoms with Gasteiger partial charge in [-0.1, -0.05) is 6.07 Å². The number of carbonyl (C=O) groups excluding carboxylic acids is 1. The van der Waals surface area contributed by atoms with Gasteiger partial charge < -0.3 is 10.0 Å². The number of benzene rings is 1. The summed E-state index contributed by atoms with van der Waals surface area (Å²) in [5.41, 5.74) is 2.18. The van der Waals surface area contributed by atoms with E-state index in [1.807, 2.05) is 6.07 Å². The Morgan fingerprint density at radius 3 is 2.55 bits per heavy atom. The summed E-state index contributed by atoms with van der Waals surface area (Å²) in [7, 11) is 0. The third-order valence-electron chi connectivity index (χ3n) is 3.25. The van der Waals surface area contributed by atoms with Crippen LogP contribution in [0.4, 0.5) is 0 Å². The Hall–Kier alpha value is -1.66. The molecule has 1 amide bonds. The number of halogens is 1. The highest BCUT2D eigenvalue weighted by molar-refractivity contribution is 9.11. The van der Waals surface area contributed by atoms with Gasteiger partial charge in [0, 0.05) is 13.1 Å². The highest BCUT2D eigenvalue weighted by atomic mass is 79.9. The predicted molar refractivity (Wildman–Crippen MR) is 79.0 cm³/mol. The van der Waals surface area contributed by atoms with Gasteiger partial charge in [0.1, 0.15) is 0 Å². The number of hydrogen-bond acceptors (Lipinski definition) is 3. The molecule has 0 bridgehead atoms. The second-order valence-electron chi connectivity index (χ2n) is 4.55. The van der Waals surface area contributed by atoms with Gasteiger partial charge >= 0.3 is 5.97 Å². The molecule has 0 atom stereocenters. The molecule has 0 saturated heterocycles. The molecule has 1 aromatic carbocycles. The first-order valence-electron chi connectivity index (χ1n) is 5.94. The molecule has 0 aliphatic carbocycles. The van der Waals surface area contributed by atoms with E-state index in [-0.39, 0.29) is 11.5 Å². The lowest BCUT2D eigenvalue weighted by molar-refractivity contribution is 0.0696. The highest BCUT2D eigenvalue weighted by Crippen LogP contribution is 2.28. The predicted octanol–water partition coefficient (Wildman–Crippen LogP) is 3.36. The summed E-state index contributed by atoms with van der Waals surface area (Å²) in [6, 6.07) is 8.66. The van der Waals surface area contributed by atoms with Crippen molar-refractivity contribution >= 4 is 39.1 Å². The fourth-order valence-corrected chi connectivity index (χ4v) is 3.61. The molecule has 1 N–H and O–H groups in total. The van der Waals surface area contributed by atoms with Crippen LogP contribution in [0, 0.1) is 0 Å². The number of carbonyl (C=O) groups is 2. The van der Waals surface area contributed by atoms with Gasteiger partial charge in [0.2, 0.25) is 0 Å². The van der Waals surface area contributed by atoms with Crippen LogP contribution in [0.25, 0.3) is 0 Å². The molecule has 2 aromatic rings. The van der Waals surface area contributed by atoms with E-state index in [4.69, 9.17) is 5.11 Å². The molecular weight excluding hydrogens is 342 g/mol. The molecule has 102 valence electrons. The summed E-state index contributed by atoms with van der Waals surface area (Å²) < 4.78 is 0.922. The molecular formula is C14H10BrNO3S. The maximum atomic E-state index is 12.3. The van der Waals surface area contributed by atoms with Crippen LogP contribution in [0.3, 0.4) is 0 Å². The van der Waals surface area contributed by atoms with Crippen molar-refractivity contribution in [2.45, 2.75) is 13.1 Å². The second kappa shape index (κ2) is 5.03. The summed E-state index contributed by atoms with van der Waals surface area (Å²) >= 11 is 4.75. The number of thiophene rings is 1. The Bertz CT molecular complexity index is 710. The van der Waals surface area contributed by atoms with Crippen LogP contribution in [-0.4, -0.2) is 21.9 Å². The van der Waals surface area contributed by atoms with E-state index >= 15 is 0 Å². The van der Waals surface area contributed by atoms with Gasteiger partial charge in [-0.05, 0) is 51.3 Å². The van der Waals surface area contributed by atoms with Gasteiger partial charge in [-0.3, -0.25) is 4.79 Å². The lowest BCUT2D eigenvalue weighted by Crippen LogP contribution is -2.24. The van der Waals surface area contributed by atoms with Crippen molar-refractivity contribution in [2.24, 2.45) is 0 Å². The largest absolute Gasteiger partial charge is 0.478 e. The zero-order chi connectivity index (χ0) is 14.3. The lowest BCUT2D eigenvalue weighted by atomic mass is 10.1. The number of hydrogen-bond donors (Lipinski definition) is 1. The van der Waals surface area contributed by atoms with Gasteiger partial charge in [0.25, 0.3) is 5.91 Å². The lowest BCUT2D eigenvalue weighted by Gasteiger charge is -2.13. The Kier molecular flexibility index (Phi) is 3.35. The van der Waals surface area contributed by atoms with Crippen molar-refractivity contribution in [1.82, 2.24) is 4.90 Å². The number of carboxylic acid groups (broad SMARTS) is 1. The maximum Gasteiger partial charge on any atom is 0.335 e. The minimum Gasteiger partial charge on any atom is -0.478 e. The minimum absolute atomic E-state index is 0.0197. The fourth-order valence-electron chi connectivity index (χ4n) is 2.26. The van der Waals surface area contributed by atoms with Crippen LogP contribution >= 0.6 is 27.3 Å². The topological polar surface area (TPSA) is 57.6 Å². The normalized spacial score (nSPS) is 13.3. The van der Waals surface area contributed by atoms with Gasteiger partial charge in [-0.25, -0.2) is 4.79 Å². The monoisotopic (exact) mass is 351 g/mol. The van der Waals surface area contributed by atoms with E-state index in [0.29, 0.717) is 18.0 Å². The van der Waals surface area contributed by atoms with Gasteiger partial charge in [-0.15, -0.1) is 11.3 Å². The van der Waals surface area contributed by atoms with Crippen molar-refractivity contribution in [1.29, 1.82) is 0 Å². The third-order valence-corrected chi connectivity index (χ3v) is 4.86. The smallest absolute Gasteiger partial charge is 0.335 e. The van der Waals surface area contributed by atoms with E-state index in [2.05, 4.69) is 15.9 Å². The van der Waals surface area contributed by atoms with Crippen molar-refractivity contribution in [3.63, 3.8) is 0 Å². The first-order valence-corrected chi connectivity index (χ1v) is 7.55. The number of carboxylic acids is 1. The molecule has 0 fully saturated rings. The molecule has 1 aliphatic rings. The average Bonchev–Trinajstić information content (AvgIpc) is 3.02. The molecule has 1 aromatic heterocycles. The quantitative estimate of drug-likeness (QED) is 0.902. The van der Waals surface area contributed by atoms with Gasteiger partial charge in [0.15, 0.2) is 0 Å². The van der Waals surface area contributed by atoms with Crippen molar-refractivity contribution in [3.05, 3.63) is 55.7 Å². The number of aromatic carboxylic acids is 1. The molecule has 4 nitrogen and oxygen atoms in total. The van der Waals surface area contributed by atoms with Crippen LogP contribution in [0.15, 0.2) is 34.1 Å². The third kappa shape index (κ3) is 2.36. The maximum absolute atomic E-state index is 12.3. The Morgan fingerprint density at radius 1 is 1.15 bits per heavy atom. The SMILES string of the molecule is O=C(O)c1ccc2c(c1)CN(C(=O)c1ccc(Br)s1)C2. The first kappa shape index (κ1) is 13.3. The summed E-state index contributed by atoms with van der Waals surface area (Å²) in [4.78, 5) is 25.7. The van der Waals surface area contributed by atoms with E-state index in [0.717, 1.165) is 14.9 Å². The first-order chi connectivity index (χ1) is 9.54. The number of amides is 1. The molecule has 20 heavy (non-hydrogen) atoms. The molecule has 0 unspecified atom stereocenters. The van der Waals surface area contributed by atoms with E-state index in [1.54, 1.807) is 29.2 Å². The Morgan fingerprint density at radius 2 is 1.90 bits per heavy atom. The second-order valence-corrected chi connectivity index (χ2v) is 7.02. The number of rotatable bonds is 2. The van der Waals surface area contributed by atoms with Gasteiger partial charge in [-0.2, -0.15) is 0 Å². The van der Waals surface area contributed by atoms with Crippen molar-refractivity contribution < 1.29 is 14.7 Å². The average molecular weight is 352 g/mol. The number of fused-ring (bicyclic) bond motifs is 1. The number of nitrogens with zero attached hydrogens (tertiary/aromatic N) is 1. The van der Waals surface area contributed by atoms with Crippen LogP contribution in [-0.2, 0) is 13.1 Å². The summed E-state index contributed by atoms with van der Waals surface area (Å²) in [6.45, 7) is 0.994. The fraction of sp³-hybridized carbons (Fsp3) is 0.143. The standard InChI is InChI=1S/C14H10BrNO3S/c15-12-4-3-11(20-12)13(17)16-6-9-2-1-8(14(18)19)5-10(9)7-16/h1-5H,6-7H2,(H,18,19). The minimum atomic E-state index is -0.945. The molecule has 0 saturated carbocycles. The summed E-state index contributed by atoms with van der Waals surface area (Å²) in [5.74, 6) is -0.964. The van der Waals surface area contributed by atoms with Crippen molar-refractivity contribution in [3.8, 4) is 0 Å². The van der Waals surface area contributed by atoms with Crippen molar-refractivity contribution in [2.75, 3.05) is 0 Å². The van der Waals surface area contributed by atoms with Gasteiger partial charge in [0.05, 0.1) is 14.2 Å². The van der Waals surface area contributed by atoms with E-state index in [1.165, 1.54) is 11.3 Å². The van der Waals surface area contributed by atoms with Crippen LogP contribution in [0.2, 0.25) is 0 Å². The molecule has 1 aliphatic heterocycles. The molecule has 2 heterocycles. The van der Waals surface area contributed by atoms with Crippen LogP contribution in [0.5, 0.6) is 0 Å². The summed E-state index contributed by atoms with van der Waals surface area (Å²) in [6.07, 6.45) is 0. The Balaban J connectivity index is 1.83.